The molecule has 1 aromatic heterocycles. The number of carbonyl (C=O) groups is 2. The average Bonchev–Trinajstić information content (AvgIpc) is 2.63. The molecule has 88 valence electrons. The first-order valence-electron chi connectivity index (χ1n) is 4.77. The summed E-state index contributed by atoms with van der Waals surface area (Å²) in [5.74, 6) is -1.18. The van der Waals surface area contributed by atoms with Crippen molar-refractivity contribution in [2.24, 2.45) is 0 Å². The quantitative estimate of drug-likeness (QED) is 0.478. The molecule has 0 fully saturated rings. The highest BCUT2D eigenvalue weighted by atomic mass is 16.4. The molecule has 16 heavy (non-hydrogen) atoms. The maximum Gasteiger partial charge on any atom is 0.303 e. The maximum atomic E-state index is 11.3. The highest BCUT2D eigenvalue weighted by molar-refractivity contribution is 5.90. The summed E-state index contributed by atoms with van der Waals surface area (Å²) in [5.41, 5.74) is 5.23. The van der Waals surface area contributed by atoms with Crippen LogP contribution in [0.4, 0.5) is 5.95 Å². The third kappa shape index (κ3) is 3.95. The first-order chi connectivity index (χ1) is 7.59. The lowest BCUT2D eigenvalue weighted by Crippen LogP contribution is -2.25. The molecule has 0 saturated carbocycles. The Morgan fingerprint density at radius 3 is 2.75 bits per heavy atom. The molecular formula is C8H13N5O3. The van der Waals surface area contributed by atoms with Crippen LogP contribution in [0.25, 0.3) is 0 Å². The Hall–Kier alpha value is -2.12. The number of hydrogen-bond acceptors (Lipinski definition) is 5. The Balaban J connectivity index is 2.18. The second-order valence-electron chi connectivity index (χ2n) is 3.15. The van der Waals surface area contributed by atoms with E-state index >= 15 is 0 Å². The Bertz CT molecular complexity index is 376. The van der Waals surface area contributed by atoms with Gasteiger partial charge in [-0.2, -0.15) is 4.98 Å². The van der Waals surface area contributed by atoms with Crippen LogP contribution >= 0.6 is 0 Å². The van der Waals surface area contributed by atoms with Crippen LogP contribution in [0.3, 0.4) is 0 Å². The number of carbonyl (C=O) groups excluding carboxylic acids is 1. The van der Waals surface area contributed by atoms with Crippen molar-refractivity contribution in [1.82, 2.24) is 20.5 Å². The van der Waals surface area contributed by atoms with Gasteiger partial charge in [0.25, 0.3) is 5.91 Å². The van der Waals surface area contributed by atoms with Crippen LogP contribution in [0.1, 0.15) is 29.9 Å². The molecule has 0 unspecified atom stereocenters. The molecular weight excluding hydrogens is 214 g/mol. The van der Waals surface area contributed by atoms with Gasteiger partial charge < -0.3 is 16.2 Å². The van der Waals surface area contributed by atoms with Crippen LogP contribution in [0.5, 0.6) is 0 Å². The van der Waals surface area contributed by atoms with Gasteiger partial charge in [0, 0.05) is 13.0 Å². The predicted molar refractivity (Wildman–Crippen MR) is 54.6 cm³/mol. The van der Waals surface area contributed by atoms with Crippen molar-refractivity contribution >= 4 is 17.8 Å². The summed E-state index contributed by atoms with van der Waals surface area (Å²) < 4.78 is 0. The smallest absolute Gasteiger partial charge is 0.303 e. The molecule has 5 N–H and O–H groups in total. The lowest BCUT2D eigenvalue weighted by atomic mass is 10.2. The van der Waals surface area contributed by atoms with E-state index in [2.05, 4.69) is 20.5 Å². The second-order valence-corrected chi connectivity index (χ2v) is 3.15. The van der Waals surface area contributed by atoms with Crippen molar-refractivity contribution in [3.05, 3.63) is 5.82 Å². The zero-order valence-corrected chi connectivity index (χ0v) is 8.56. The van der Waals surface area contributed by atoms with Crippen LogP contribution in [0.2, 0.25) is 0 Å². The van der Waals surface area contributed by atoms with E-state index in [4.69, 9.17) is 10.8 Å². The predicted octanol–water partition coefficient (Wildman–Crippen LogP) is -0.628. The van der Waals surface area contributed by atoms with E-state index in [0.717, 1.165) is 0 Å². The number of anilines is 1. The minimum atomic E-state index is -0.839. The molecule has 1 heterocycles. The number of nitrogens with two attached hydrogens (primary N) is 1. The second kappa shape index (κ2) is 5.69. The Labute approximate surface area is 91.2 Å². The van der Waals surface area contributed by atoms with Crippen molar-refractivity contribution in [2.45, 2.75) is 19.3 Å². The van der Waals surface area contributed by atoms with Gasteiger partial charge in [0.2, 0.25) is 11.8 Å². The van der Waals surface area contributed by atoms with Crippen molar-refractivity contribution < 1.29 is 14.7 Å². The third-order valence-corrected chi connectivity index (χ3v) is 1.82. The third-order valence-electron chi connectivity index (χ3n) is 1.82. The summed E-state index contributed by atoms with van der Waals surface area (Å²) in [5, 5.41) is 16.8. The highest BCUT2D eigenvalue weighted by Crippen LogP contribution is 1.95. The largest absolute Gasteiger partial charge is 0.481 e. The van der Waals surface area contributed by atoms with E-state index in [9.17, 15) is 9.59 Å². The highest BCUT2D eigenvalue weighted by Gasteiger charge is 2.09. The molecule has 0 saturated heterocycles. The molecule has 0 bridgehead atoms. The lowest BCUT2D eigenvalue weighted by Gasteiger charge is -2.01. The van der Waals surface area contributed by atoms with Gasteiger partial charge in [-0.15, -0.1) is 5.10 Å². The number of aromatic amines is 1. The minimum absolute atomic E-state index is 0.0102. The summed E-state index contributed by atoms with van der Waals surface area (Å²) in [7, 11) is 0. The number of aliphatic carboxylic acids is 1. The molecule has 1 aromatic rings. The number of nitrogens with one attached hydrogen (secondary N) is 2. The molecule has 0 aliphatic heterocycles. The van der Waals surface area contributed by atoms with Crippen molar-refractivity contribution in [3.63, 3.8) is 0 Å². The molecule has 8 nitrogen and oxygen atoms in total. The van der Waals surface area contributed by atoms with E-state index in [1.165, 1.54) is 0 Å². The van der Waals surface area contributed by atoms with Crippen molar-refractivity contribution in [3.8, 4) is 0 Å². The van der Waals surface area contributed by atoms with Gasteiger partial charge >= 0.3 is 5.97 Å². The molecule has 0 aromatic carbocycles. The first-order valence-corrected chi connectivity index (χ1v) is 4.77. The molecule has 1 rings (SSSR count). The van der Waals surface area contributed by atoms with Gasteiger partial charge in [0.05, 0.1) is 0 Å². The Morgan fingerprint density at radius 2 is 2.19 bits per heavy atom. The molecule has 8 heteroatoms. The van der Waals surface area contributed by atoms with Crippen LogP contribution in [-0.2, 0) is 4.79 Å². The maximum absolute atomic E-state index is 11.3. The van der Waals surface area contributed by atoms with E-state index < -0.39 is 11.9 Å². The topological polar surface area (TPSA) is 134 Å². The van der Waals surface area contributed by atoms with Gasteiger partial charge in [-0.1, -0.05) is 0 Å². The average molecular weight is 227 g/mol. The van der Waals surface area contributed by atoms with Gasteiger partial charge in [-0.3, -0.25) is 14.7 Å². The summed E-state index contributed by atoms with van der Waals surface area (Å²) >= 11 is 0. The molecule has 0 aliphatic rings. The summed E-state index contributed by atoms with van der Waals surface area (Å²) in [6.07, 6.45) is 1.22. The number of nitrogen functional groups attached to an aromatic ring is 1. The number of carboxylic acid groups (broad SMARTS) is 1. The number of carboxylic acids is 1. The monoisotopic (exact) mass is 227 g/mol. The SMILES string of the molecule is Nc1n[nH]c(C(=O)NCCCCC(=O)O)n1. The number of rotatable bonds is 6. The molecule has 0 atom stereocenters. The Morgan fingerprint density at radius 1 is 1.44 bits per heavy atom. The van der Waals surface area contributed by atoms with Gasteiger partial charge in [0.15, 0.2) is 0 Å². The Kier molecular flexibility index (Phi) is 4.25. The number of nitrogens with zero attached hydrogens (tertiary/aromatic N) is 2. The van der Waals surface area contributed by atoms with Gasteiger partial charge in [0.1, 0.15) is 0 Å². The fraction of sp³-hybridized carbons (Fsp3) is 0.500. The molecule has 0 aliphatic carbocycles. The van der Waals surface area contributed by atoms with E-state index in [1.54, 1.807) is 0 Å². The van der Waals surface area contributed by atoms with E-state index in [-0.39, 0.29) is 18.2 Å². The normalized spacial score (nSPS) is 10.0. The summed E-state index contributed by atoms with van der Waals surface area (Å²) in [4.78, 5) is 25.2. The van der Waals surface area contributed by atoms with Crippen LogP contribution in [-0.4, -0.2) is 38.7 Å². The number of unbranched alkanes of at least 4 members (excludes halogenated alkanes) is 1. The van der Waals surface area contributed by atoms with Gasteiger partial charge in [-0.05, 0) is 12.8 Å². The zero-order valence-electron chi connectivity index (χ0n) is 8.56. The number of H-pyrrole nitrogens is 1. The zero-order chi connectivity index (χ0) is 12.0. The summed E-state index contributed by atoms with van der Waals surface area (Å²) in [6, 6.07) is 0. The summed E-state index contributed by atoms with van der Waals surface area (Å²) in [6.45, 7) is 0.396. The number of aromatic nitrogens is 3. The number of hydrogen-bond donors (Lipinski definition) is 4. The van der Waals surface area contributed by atoms with Crippen LogP contribution in [0.15, 0.2) is 0 Å². The van der Waals surface area contributed by atoms with Crippen molar-refractivity contribution in [2.75, 3.05) is 12.3 Å². The standard InChI is InChI=1S/C8H13N5O3/c9-8-11-6(12-13-8)7(16)10-4-2-1-3-5(14)15/h1-4H2,(H,10,16)(H,14,15)(H3,9,11,12,13). The van der Waals surface area contributed by atoms with Crippen LogP contribution < -0.4 is 11.1 Å². The van der Waals surface area contributed by atoms with Crippen molar-refractivity contribution in [1.29, 1.82) is 0 Å². The molecule has 0 radical (unpaired) electrons. The first kappa shape index (κ1) is 12.0. The van der Waals surface area contributed by atoms with Crippen LogP contribution in [0, 0.1) is 0 Å². The molecule has 0 spiro atoms. The minimum Gasteiger partial charge on any atom is -0.481 e. The fourth-order valence-corrected chi connectivity index (χ4v) is 1.06. The fourth-order valence-electron chi connectivity index (χ4n) is 1.06. The molecule has 1 amide bonds. The van der Waals surface area contributed by atoms with E-state index in [1.807, 2.05) is 0 Å². The van der Waals surface area contributed by atoms with E-state index in [0.29, 0.717) is 19.4 Å². The van der Waals surface area contributed by atoms with Gasteiger partial charge in [-0.25, -0.2) is 0 Å². The lowest BCUT2D eigenvalue weighted by molar-refractivity contribution is -0.137. The number of amides is 1.